The molecule has 4 nitrogen and oxygen atoms in total. The van der Waals surface area contributed by atoms with Crippen LogP contribution in [-0.2, 0) is 18.6 Å². The van der Waals surface area contributed by atoms with Crippen molar-refractivity contribution in [2.75, 3.05) is 0 Å². The monoisotopic (exact) mass is 396 g/mol. The van der Waals surface area contributed by atoms with Crippen LogP contribution in [0.25, 0.3) is 0 Å². The van der Waals surface area contributed by atoms with E-state index < -0.39 is 0 Å². The fourth-order valence-corrected chi connectivity index (χ4v) is 2.95. The largest absolute Gasteiger partial charge is 0.489 e. The van der Waals surface area contributed by atoms with Crippen LogP contribution in [0.4, 0.5) is 0 Å². The molecule has 0 atom stereocenters. The summed E-state index contributed by atoms with van der Waals surface area (Å²) in [6, 6.07) is 24.8. The first-order valence-electron chi connectivity index (χ1n) is 9.76. The highest BCUT2D eigenvalue weighted by Crippen LogP contribution is 2.26. The quantitative estimate of drug-likeness (QED) is 0.521. The first-order valence-corrected chi connectivity index (χ1v) is 9.76. The molecule has 0 radical (unpaired) electrons. The normalized spacial score (nSPS) is 10.7. The minimum absolute atomic E-state index is 0.00630. The van der Waals surface area contributed by atoms with Crippen molar-refractivity contribution in [2.24, 2.45) is 0 Å². The molecule has 150 valence electrons. The number of benzene rings is 3. The SMILES string of the molecule is CC(C)(C)c1cc(COc2ccc(C#N)cc2)cc(COc2ccc(C#N)cc2)c1. The van der Waals surface area contributed by atoms with Crippen molar-refractivity contribution in [3.05, 3.63) is 94.5 Å². The Morgan fingerprint density at radius 1 is 0.667 bits per heavy atom. The van der Waals surface area contributed by atoms with E-state index in [1.807, 2.05) is 0 Å². The molecule has 0 fully saturated rings. The topological polar surface area (TPSA) is 66.0 Å². The third kappa shape index (κ3) is 5.63. The highest BCUT2D eigenvalue weighted by molar-refractivity contribution is 5.37. The first-order chi connectivity index (χ1) is 14.4. The van der Waals surface area contributed by atoms with Crippen LogP contribution >= 0.6 is 0 Å². The molecule has 3 aromatic carbocycles. The van der Waals surface area contributed by atoms with Crippen molar-refractivity contribution in [3.63, 3.8) is 0 Å². The Kier molecular flexibility index (Phi) is 6.40. The van der Waals surface area contributed by atoms with Crippen LogP contribution in [0.2, 0.25) is 0 Å². The fourth-order valence-electron chi connectivity index (χ4n) is 2.95. The molecule has 0 spiro atoms. The van der Waals surface area contributed by atoms with Crippen molar-refractivity contribution in [3.8, 4) is 23.6 Å². The molecule has 30 heavy (non-hydrogen) atoms. The van der Waals surface area contributed by atoms with E-state index in [1.165, 1.54) is 5.56 Å². The van der Waals surface area contributed by atoms with Gasteiger partial charge in [0.1, 0.15) is 24.7 Å². The van der Waals surface area contributed by atoms with Crippen molar-refractivity contribution < 1.29 is 9.47 Å². The second kappa shape index (κ2) is 9.16. The molecule has 0 aliphatic carbocycles. The number of hydrogen-bond acceptors (Lipinski definition) is 4. The molecule has 0 saturated heterocycles. The van der Waals surface area contributed by atoms with Crippen LogP contribution < -0.4 is 9.47 Å². The molecule has 0 heterocycles. The third-order valence-corrected chi connectivity index (χ3v) is 4.70. The molecule has 0 unspecified atom stereocenters. The lowest BCUT2D eigenvalue weighted by Gasteiger charge is -2.21. The summed E-state index contributed by atoms with van der Waals surface area (Å²) >= 11 is 0. The van der Waals surface area contributed by atoms with Gasteiger partial charge in [-0.15, -0.1) is 0 Å². The average molecular weight is 396 g/mol. The van der Waals surface area contributed by atoms with Crippen molar-refractivity contribution in [1.29, 1.82) is 10.5 Å². The summed E-state index contributed by atoms with van der Waals surface area (Å²) in [5, 5.41) is 17.8. The summed E-state index contributed by atoms with van der Waals surface area (Å²) in [7, 11) is 0. The summed E-state index contributed by atoms with van der Waals surface area (Å²) in [6.45, 7) is 7.40. The van der Waals surface area contributed by atoms with E-state index in [9.17, 15) is 0 Å². The smallest absolute Gasteiger partial charge is 0.119 e. The van der Waals surface area contributed by atoms with Crippen molar-refractivity contribution in [1.82, 2.24) is 0 Å². The summed E-state index contributed by atoms with van der Waals surface area (Å²) in [5.74, 6) is 1.45. The molecule has 0 aromatic heterocycles. The zero-order valence-corrected chi connectivity index (χ0v) is 17.5. The molecule has 0 amide bonds. The van der Waals surface area contributed by atoms with Gasteiger partial charge >= 0.3 is 0 Å². The Morgan fingerprint density at radius 2 is 1.07 bits per heavy atom. The van der Waals surface area contributed by atoms with Gasteiger partial charge in [-0.05, 0) is 76.7 Å². The molecular formula is C26H24N2O2. The van der Waals surface area contributed by atoms with E-state index in [0.717, 1.165) is 22.6 Å². The number of nitrogens with zero attached hydrogens (tertiary/aromatic N) is 2. The number of nitriles is 2. The van der Waals surface area contributed by atoms with Crippen LogP contribution in [0, 0.1) is 22.7 Å². The van der Waals surface area contributed by atoms with E-state index in [4.69, 9.17) is 20.0 Å². The zero-order chi connectivity index (χ0) is 21.6. The lowest BCUT2D eigenvalue weighted by molar-refractivity contribution is 0.299. The van der Waals surface area contributed by atoms with Gasteiger partial charge in [0.2, 0.25) is 0 Å². The molecule has 3 rings (SSSR count). The van der Waals surface area contributed by atoms with Gasteiger partial charge in [0.25, 0.3) is 0 Å². The predicted molar refractivity (Wildman–Crippen MR) is 116 cm³/mol. The number of hydrogen-bond donors (Lipinski definition) is 0. The Balaban J connectivity index is 1.75. The van der Waals surface area contributed by atoms with Crippen LogP contribution in [0.15, 0.2) is 66.7 Å². The standard InChI is InChI=1S/C26H24N2O2/c1-26(2,3)23-13-21(17-29-24-8-4-19(15-27)5-9-24)12-22(14-23)18-30-25-10-6-20(16-28)7-11-25/h4-14H,17-18H2,1-3H3. The fraction of sp³-hybridized carbons (Fsp3) is 0.231. The number of rotatable bonds is 6. The minimum Gasteiger partial charge on any atom is -0.489 e. The number of ether oxygens (including phenoxy) is 2. The molecule has 0 bridgehead atoms. The second-order valence-corrected chi connectivity index (χ2v) is 8.14. The lowest BCUT2D eigenvalue weighted by Crippen LogP contribution is -2.13. The molecular weight excluding hydrogens is 372 g/mol. The van der Waals surface area contributed by atoms with E-state index >= 15 is 0 Å². The van der Waals surface area contributed by atoms with Gasteiger partial charge < -0.3 is 9.47 Å². The van der Waals surface area contributed by atoms with E-state index in [-0.39, 0.29) is 5.41 Å². The Morgan fingerprint density at radius 3 is 1.40 bits per heavy atom. The van der Waals surface area contributed by atoms with Crippen molar-refractivity contribution >= 4 is 0 Å². The summed E-state index contributed by atoms with van der Waals surface area (Å²) in [4.78, 5) is 0. The van der Waals surface area contributed by atoms with E-state index in [2.05, 4.69) is 51.1 Å². The Hall–Kier alpha value is -3.76. The molecule has 0 N–H and O–H groups in total. The Labute approximate surface area is 177 Å². The van der Waals surface area contributed by atoms with E-state index in [1.54, 1.807) is 48.5 Å². The van der Waals surface area contributed by atoms with Crippen LogP contribution in [0.5, 0.6) is 11.5 Å². The molecule has 0 saturated carbocycles. The van der Waals surface area contributed by atoms with Crippen LogP contribution in [0.1, 0.15) is 48.6 Å². The molecule has 0 aliphatic rings. The first kappa shape index (κ1) is 21.0. The van der Waals surface area contributed by atoms with Gasteiger partial charge in [-0.2, -0.15) is 10.5 Å². The van der Waals surface area contributed by atoms with Gasteiger partial charge in [-0.3, -0.25) is 0 Å². The van der Waals surface area contributed by atoms with Crippen LogP contribution in [-0.4, -0.2) is 0 Å². The van der Waals surface area contributed by atoms with Gasteiger partial charge in [0.05, 0.1) is 23.3 Å². The van der Waals surface area contributed by atoms with Gasteiger partial charge in [0, 0.05) is 0 Å². The predicted octanol–water partition coefficient (Wildman–Crippen LogP) is 5.89. The van der Waals surface area contributed by atoms with Crippen molar-refractivity contribution in [2.45, 2.75) is 39.4 Å². The highest BCUT2D eigenvalue weighted by atomic mass is 16.5. The lowest BCUT2D eigenvalue weighted by atomic mass is 9.85. The van der Waals surface area contributed by atoms with Gasteiger partial charge in [0.15, 0.2) is 0 Å². The van der Waals surface area contributed by atoms with Gasteiger partial charge in [-0.1, -0.05) is 32.9 Å². The van der Waals surface area contributed by atoms with Crippen LogP contribution in [0.3, 0.4) is 0 Å². The molecule has 3 aromatic rings. The zero-order valence-electron chi connectivity index (χ0n) is 17.5. The Bertz CT molecular complexity index is 1000. The highest BCUT2D eigenvalue weighted by Gasteiger charge is 2.16. The maximum Gasteiger partial charge on any atom is 0.119 e. The minimum atomic E-state index is -0.00630. The van der Waals surface area contributed by atoms with Gasteiger partial charge in [-0.25, -0.2) is 0 Å². The summed E-state index contributed by atoms with van der Waals surface area (Å²) in [6.07, 6.45) is 0. The maximum atomic E-state index is 8.92. The maximum absolute atomic E-state index is 8.92. The third-order valence-electron chi connectivity index (χ3n) is 4.70. The summed E-state index contributed by atoms with van der Waals surface area (Å²) in [5.41, 5.74) is 4.55. The molecule has 4 heteroatoms. The van der Waals surface area contributed by atoms with E-state index in [0.29, 0.717) is 24.3 Å². The average Bonchev–Trinajstić information content (AvgIpc) is 2.76. The summed E-state index contributed by atoms with van der Waals surface area (Å²) < 4.78 is 11.8. The second-order valence-electron chi connectivity index (χ2n) is 8.14. The molecule has 0 aliphatic heterocycles.